The predicted octanol–water partition coefficient (Wildman–Crippen LogP) is 2.96. The monoisotopic (exact) mass is 848 g/mol. The number of nitriles is 1. The van der Waals surface area contributed by atoms with Gasteiger partial charge in [-0.25, -0.2) is 4.79 Å². The topological polar surface area (TPSA) is 210 Å². The number of amides is 2. The number of nitrogens with two attached hydrogens (primary N) is 1. The zero-order chi connectivity index (χ0) is 39.6. The Morgan fingerprint density at radius 2 is 1.96 bits per heavy atom. The summed E-state index contributed by atoms with van der Waals surface area (Å²) < 4.78 is 39.3. The van der Waals surface area contributed by atoms with Crippen molar-refractivity contribution >= 4 is 80.2 Å². The largest absolute Gasteiger partial charge is 0.509 e. The quantitative estimate of drug-likeness (QED) is 0.0212. The lowest BCUT2D eigenvalue weighted by molar-refractivity contribution is -0.126. The molecule has 5 atom stereocenters. The van der Waals surface area contributed by atoms with Crippen LogP contribution in [0.2, 0.25) is 0 Å². The Hall–Kier alpha value is -2.15. The van der Waals surface area contributed by atoms with E-state index in [0.29, 0.717) is 38.1 Å². The van der Waals surface area contributed by atoms with Crippen molar-refractivity contribution in [1.82, 2.24) is 10.6 Å². The lowest BCUT2D eigenvalue weighted by Gasteiger charge is -2.23. The van der Waals surface area contributed by atoms with Crippen LogP contribution in [0.15, 0.2) is 24.3 Å². The summed E-state index contributed by atoms with van der Waals surface area (Å²) in [6.07, 6.45) is 0.407. The summed E-state index contributed by atoms with van der Waals surface area (Å²) in [5.74, 6) is 5.75. The minimum absolute atomic E-state index is 0.0143. The van der Waals surface area contributed by atoms with Gasteiger partial charge in [0.1, 0.15) is 47.9 Å². The van der Waals surface area contributed by atoms with Gasteiger partial charge in [-0.1, -0.05) is 75.9 Å². The van der Waals surface area contributed by atoms with E-state index in [1.165, 1.54) is 32.4 Å². The molecule has 5 N–H and O–H groups in total. The van der Waals surface area contributed by atoms with E-state index in [0.717, 1.165) is 11.8 Å². The smallest absolute Gasteiger partial charge is 0.490 e. The first kappa shape index (κ1) is 48.0. The van der Waals surface area contributed by atoms with E-state index in [1.54, 1.807) is 40.5 Å². The second-order valence-electron chi connectivity index (χ2n) is 12.0. The Morgan fingerprint density at radius 1 is 1.15 bits per heavy atom. The number of hydrogen-bond donors (Lipinski definition) is 4. The number of thioether (sulfide) groups is 1. The van der Waals surface area contributed by atoms with Crippen LogP contribution in [0.25, 0.3) is 0 Å². The maximum absolute atomic E-state index is 12.3. The van der Waals surface area contributed by atoms with Gasteiger partial charge in [0.05, 0.1) is 32.5 Å². The third kappa shape index (κ3) is 21.8. The van der Waals surface area contributed by atoms with Gasteiger partial charge in [-0.15, -0.1) is 0 Å². The molecule has 1 aromatic rings. The summed E-state index contributed by atoms with van der Waals surface area (Å²) in [4.78, 5) is 36.3. The second kappa shape index (κ2) is 28.3. The molecule has 0 spiro atoms. The molecular formula is C33H49BN4O11S5. The van der Waals surface area contributed by atoms with Crippen LogP contribution in [0.5, 0.6) is 5.75 Å². The third-order valence-electron chi connectivity index (χ3n) is 6.54. The molecule has 0 saturated carbocycles. The first-order chi connectivity index (χ1) is 26.0. The average molecular weight is 849 g/mol. The Labute approximate surface area is 338 Å². The van der Waals surface area contributed by atoms with Crippen molar-refractivity contribution in [3.8, 4) is 22.9 Å². The van der Waals surface area contributed by atoms with Gasteiger partial charge in [-0.05, 0) is 42.6 Å². The fourth-order valence-corrected chi connectivity index (χ4v) is 8.11. The Balaban J connectivity index is 1.70. The maximum Gasteiger partial charge on any atom is 0.509 e. The molecule has 54 heavy (non-hydrogen) atoms. The van der Waals surface area contributed by atoms with E-state index >= 15 is 0 Å². The molecule has 0 aromatic heterocycles. The molecule has 15 nitrogen and oxygen atoms in total. The van der Waals surface area contributed by atoms with Crippen LogP contribution in [0.1, 0.15) is 37.6 Å². The van der Waals surface area contributed by atoms with Crippen molar-refractivity contribution in [1.29, 1.82) is 5.26 Å². The van der Waals surface area contributed by atoms with Crippen LogP contribution in [0.3, 0.4) is 0 Å². The summed E-state index contributed by atoms with van der Waals surface area (Å²) in [6, 6.07) is 6.60. The van der Waals surface area contributed by atoms with Crippen molar-refractivity contribution < 1.29 is 52.6 Å². The van der Waals surface area contributed by atoms with Gasteiger partial charge in [-0.3, -0.25) is 9.59 Å². The summed E-state index contributed by atoms with van der Waals surface area (Å²) in [7, 11) is 6.34. The molecule has 2 amide bonds. The van der Waals surface area contributed by atoms with E-state index in [4.69, 9.17) is 44.2 Å². The number of carbonyl (C=O) groups is 3. The Kier molecular flexibility index (Phi) is 25.1. The van der Waals surface area contributed by atoms with E-state index in [2.05, 4.69) is 43.1 Å². The van der Waals surface area contributed by atoms with Crippen molar-refractivity contribution in [3.05, 3.63) is 29.8 Å². The standard InChI is InChI=1S/C33H49BN4O11S5/c1-33(2,3)54-53-29(19-45-24-8-5-7-23(15-24)31(41)38-12-10-35)44-14-13-43-18-28(40)37-11-6-9-34-27-16-25(26(17-39)48-27)49-30(52-50-4)20-46-32(42)47-22-51-21-36/h5,7-8,15,25-27,29-30,34,39H,10-14,16-20,22,35H2,1-4H3,(H,37,40)(H,38,41)/t25-,26?,27-,29?,30+/m1/s1. The Morgan fingerprint density at radius 3 is 2.69 bits per heavy atom. The molecule has 1 aromatic carbocycles. The summed E-state index contributed by atoms with van der Waals surface area (Å²) in [5, 5.41) is 25.6. The van der Waals surface area contributed by atoms with Crippen LogP contribution in [0, 0.1) is 22.4 Å². The number of carbonyl (C=O) groups excluding carboxylic acids is 3. The lowest BCUT2D eigenvalue weighted by atomic mass is 9.71. The van der Waals surface area contributed by atoms with Gasteiger partial charge < -0.3 is 54.6 Å². The first-order valence-electron chi connectivity index (χ1n) is 16.9. The zero-order valence-electron chi connectivity index (χ0n) is 30.8. The van der Waals surface area contributed by atoms with E-state index in [9.17, 15) is 19.5 Å². The molecule has 1 saturated heterocycles. The number of thiocyanates is 1. The molecule has 0 aliphatic carbocycles. The van der Waals surface area contributed by atoms with Gasteiger partial charge in [-0.2, -0.15) is 11.1 Å². The van der Waals surface area contributed by atoms with Crippen LogP contribution >= 0.6 is 54.9 Å². The number of aliphatic hydroxyl groups excluding tert-OH is 1. The molecule has 300 valence electrons. The lowest BCUT2D eigenvalue weighted by Crippen LogP contribution is -2.32. The zero-order valence-corrected chi connectivity index (χ0v) is 34.9. The van der Waals surface area contributed by atoms with E-state index < -0.39 is 23.8 Å². The normalized spacial score (nSPS) is 17.6. The van der Waals surface area contributed by atoms with Crippen LogP contribution in [0.4, 0.5) is 4.79 Å². The van der Waals surface area contributed by atoms with Gasteiger partial charge in [0, 0.05) is 29.4 Å². The number of nitrogens with zero attached hydrogens (tertiary/aromatic N) is 1. The number of rotatable bonds is 25. The number of benzene rings is 1. The predicted molar refractivity (Wildman–Crippen MR) is 217 cm³/mol. The molecule has 2 rings (SSSR count). The number of aliphatic hydroxyl groups is 1. The minimum atomic E-state index is -0.904. The molecule has 0 bridgehead atoms. The van der Waals surface area contributed by atoms with Gasteiger partial charge in [0.25, 0.3) is 5.91 Å². The second-order valence-corrected chi connectivity index (χ2v) is 18.5. The summed E-state index contributed by atoms with van der Waals surface area (Å²) in [6.45, 7) is 7.32. The molecule has 1 fully saturated rings. The fourth-order valence-electron chi connectivity index (χ4n) is 4.24. The highest BCUT2D eigenvalue weighted by molar-refractivity contribution is 8.77. The highest BCUT2D eigenvalue weighted by Gasteiger charge is 2.37. The van der Waals surface area contributed by atoms with Gasteiger partial charge in [0.15, 0.2) is 5.94 Å². The number of ether oxygens (including phenoxy) is 7. The molecular weight excluding hydrogens is 800 g/mol. The summed E-state index contributed by atoms with van der Waals surface area (Å²) >= 11 is 0.773. The average Bonchev–Trinajstić information content (AvgIpc) is 3.54. The highest BCUT2D eigenvalue weighted by Crippen LogP contribution is 2.38. The van der Waals surface area contributed by atoms with Crippen LogP contribution < -0.4 is 21.1 Å². The minimum Gasteiger partial charge on any atom is -0.490 e. The van der Waals surface area contributed by atoms with E-state index in [-0.39, 0.29) is 80.1 Å². The number of hydrogen-bond acceptors (Lipinski definition) is 18. The molecule has 1 aliphatic heterocycles. The van der Waals surface area contributed by atoms with Gasteiger partial charge in [0.2, 0.25) is 13.2 Å². The SMILES string of the molecule is CSS[C@@H](COC(=O)OCSC#N)O[C@@H]1C[C@H](BC#CCNC(=O)COCCOC(COc2cccc(C(=O)NCCN)c2)SSC(C)(C)C)OC1CO. The Bertz CT molecular complexity index is 1380. The van der Waals surface area contributed by atoms with Crippen molar-refractivity contribution in [2.45, 2.75) is 61.0 Å². The van der Waals surface area contributed by atoms with E-state index in [1.807, 2.05) is 6.26 Å². The molecule has 1 heterocycles. The van der Waals surface area contributed by atoms with Crippen LogP contribution in [-0.2, 0) is 33.2 Å². The summed E-state index contributed by atoms with van der Waals surface area (Å²) in [5.41, 5.74) is 5.07. The molecule has 0 radical (unpaired) electrons. The van der Waals surface area contributed by atoms with Crippen molar-refractivity contribution in [3.63, 3.8) is 0 Å². The molecule has 2 unspecified atom stereocenters. The highest BCUT2D eigenvalue weighted by atomic mass is 33.1. The molecule has 21 heteroatoms. The number of nitrogens with one attached hydrogen (secondary N) is 2. The van der Waals surface area contributed by atoms with Crippen LogP contribution in [-0.4, -0.2) is 136 Å². The van der Waals surface area contributed by atoms with Crippen molar-refractivity contribution in [2.24, 2.45) is 5.73 Å². The van der Waals surface area contributed by atoms with Crippen molar-refractivity contribution in [2.75, 3.05) is 71.5 Å². The fraction of sp³-hybridized carbons (Fsp3) is 0.636. The third-order valence-corrected chi connectivity index (χ3v) is 12.3. The van der Waals surface area contributed by atoms with Gasteiger partial charge >= 0.3 is 6.16 Å². The molecule has 1 aliphatic rings. The first-order valence-corrected chi connectivity index (χ1v) is 22.7. The maximum atomic E-state index is 12.3.